The van der Waals surface area contributed by atoms with Crippen LogP contribution in [0.1, 0.15) is 32.3 Å². The molecule has 41 heavy (non-hydrogen) atoms. The number of methoxy groups -OCH3 is 1. The second-order valence-electron chi connectivity index (χ2n) is 10.3. The van der Waals surface area contributed by atoms with E-state index in [-0.39, 0.29) is 34.1 Å². The zero-order chi connectivity index (χ0) is 29.4. The number of benzene rings is 2. The number of piperazine rings is 1. The molecule has 0 bridgehead atoms. The summed E-state index contributed by atoms with van der Waals surface area (Å²) in [7, 11) is 1.49. The van der Waals surface area contributed by atoms with Crippen LogP contribution in [0.2, 0.25) is 5.02 Å². The molecule has 2 aromatic carbocycles. The Morgan fingerprint density at radius 3 is 2.61 bits per heavy atom. The van der Waals surface area contributed by atoms with Crippen LogP contribution in [0.3, 0.4) is 0 Å². The Morgan fingerprint density at radius 2 is 1.93 bits per heavy atom. The Morgan fingerprint density at radius 1 is 1.17 bits per heavy atom. The van der Waals surface area contributed by atoms with Crippen molar-refractivity contribution in [2.45, 2.75) is 32.7 Å². The Labute approximate surface area is 242 Å². The molecule has 4 aromatic rings. The van der Waals surface area contributed by atoms with E-state index >= 15 is 4.39 Å². The van der Waals surface area contributed by atoms with Crippen molar-refractivity contribution in [3.05, 3.63) is 88.1 Å². The molecular formula is C31H31ClFN5O3. The van der Waals surface area contributed by atoms with Crippen LogP contribution >= 0.6 is 11.6 Å². The van der Waals surface area contributed by atoms with Gasteiger partial charge >= 0.3 is 5.69 Å². The van der Waals surface area contributed by atoms with Crippen LogP contribution < -0.4 is 15.3 Å². The van der Waals surface area contributed by atoms with Crippen LogP contribution in [-0.2, 0) is 4.79 Å². The van der Waals surface area contributed by atoms with Crippen molar-refractivity contribution < 1.29 is 13.9 Å². The molecule has 1 aliphatic heterocycles. The molecule has 1 atom stereocenters. The number of carbonyl (C=O) groups is 1. The van der Waals surface area contributed by atoms with Gasteiger partial charge in [0.2, 0.25) is 5.91 Å². The van der Waals surface area contributed by atoms with Crippen LogP contribution in [0.4, 0.5) is 10.2 Å². The Kier molecular flexibility index (Phi) is 7.82. The second-order valence-corrected chi connectivity index (χ2v) is 10.7. The number of ether oxygens (including phenoxy) is 1. The molecule has 8 nitrogen and oxygen atoms in total. The molecule has 3 heterocycles. The number of rotatable bonds is 6. The van der Waals surface area contributed by atoms with Gasteiger partial charge in [-0.05, 0) is 54.8 Å². The minimum atomic E-state index is -0.526. The van der Waals surface area contributed by atoms with Crippen molar-refractivity contribution in [2.24, 2.45) is 0 Å². The third kappa shape index (κ3) is 5.17. The average molecular weight is 576 g/mol. The third-order valence-electron chi connectivity index (χ3n) is 7.42. The SMILES string of the molecule is C=CC(=O)N1CCN(c2nc(=O)n(-c3ccccc3C(C)C)c3nc(-c4cc(OC)ccc4F)c(Cl)cc23)[C@@H](C)C1. The molecule has 10 heteroatoms. The van der Waals surface area contributed by atoms with Crippen LogP contribution in [0.5, 0.6) is 5.75 Å². The van der Waals surface area contributed by atoms with E-state index in [1.807, 2.05) is 49.9 Å². The van der Waals surface area contributed by atoms with Crippen LogP contribution in [0, 0.1) is 5.82 Å². The molecule has 5 rings (SSSR count). The zero-order valence-electron chi connectivity index (χ0n) is 23.4. The van der Waals surface area contributed by atoms with E-state index in [2.05, 4.69) is 11.6 Å². The van der Waals surface area contributed by atoms with Gasteiger partial charge in [0.25, 0.3) is 0 Å². The second kappa shape index (κ2) is 11.3. The van der Waals surface area contributed by atoms with Crippen LogP contribution in [0.15, 0.2) is 66.0 Å². The van der Waals surface area contributed by atoms with Gasteiger partial charge in [0.1, 0.15) is 17.4 Å². The first-order valence-electron chi connectivity index (χ1n) is 13.4. The molecule has 1 fully saturated rings. The Bertz CT molecular complexity index is 1720. The van der Waals surface area contributed by atoms with Gasteiger partial charge < -0.3 is 14.5 Å². The van der Waals surface area contributed by atoms with E-state index in [4.69, 9.17) is 21.3 Å². The molecular weight excluding hydrogens is 545 g/mol. The normalized spacial score (nSPS) is 15.4. The van der Waals surface area contributed by atoms with Crippen molar-refractivity contribution in [3.8, 4) is 22.7 Å². The van der Waals surface area contributed by atoms with E-state index in [9.17, 15) is 9.59 Å². The minimum absolute atomic E-state index is 0.103. The van der Waals surface area contributed by atoms with Gasteiger partial charge in [-0.15, -0.1) is 0 Å². The fourth-order valence-electron chi connectivity index (χ4n) is 5.32. The number of aromatic nitrogens is 3. The first-order valence-corrected chi connectivity index (χ1v) is 13.8. The molecule has 0 spiro atoms. The number of para-hydroxylation sites is 1. The summed E-state index contributed by atoms with van der Waals surface area (Å²) in [4.78, 5) is 39.2. The molecule has 0 aliphatic carbocycles. The monoisotopic (exact) mass is 575 g/mol. The van der Waals surface area contributed by atoms with Gasteiger partial charge in [0, 0.05) is 31.2 Å². The summed E-state index contributed by atoms with van der Waals surface area (Å²) >= 11 is 6.79. The summed E-state index contributed by atoms with van der Waals surface area (Å²) in [6.07, 6.45) is 1.30. The summed E-state index contributed by atoms with van der Waals surface area (Å²) in [5.74, 6) is 0.282. The number of halogens is 2. The van der Waals surface area contributed by atoms with Gasteiger partial charge in [-0.25, -0.2) is 18.7 Å². The molecule has 0 radical (unpaired) electrons. The number of carbonyl (C=O) groups excluding carboxylic acids is 1. The topological polar surface area (TPSA) is 80.6 Å². The minimum Gasteiger partial charge on any atom is -0.497 e. The highest BCUT2D eigenvalue weighted by molar-refractivity contribution is 6.34. The van der Waals surface area contributed by atoms with Crippen molar-refractivity contribution in [1.29, 1.82) is 0 Å². The first-order chi connectivity index (χ1) is 19.6. The fraction of sp³-hybridized carbons (Fsp3) is 0.290. The maximum atomic E-state index is 15.1. The molecule has 1 saturated heterocycles. The van der Waals surface area contributed by atoms with Gasteiger partial charge in [0.05, 0.1) is 28.9 Å². The van der Waals surface area contributed by atoms with Crippen molar-refractivity contribution >= 4 is 34.4 Å². The zero-order valence-corrected chi connectivity index (χ0v) is 24.2. The number of anilines is 1. The smallest absolute Gasteiger partial charge is 0.355 e. The lowest BCUT2D eigenvalue weighted by molar-refractivity contribution is -0.126. The Balaban J connectivity index is 1.79. The van der Waals surface area contributed by atoms with Crippen molar-refractivity contribution in [2.75, 3.05) is 31.6 Å². The number of hydrogen-bond acceptors (Lipinski definition) is 6. The standard InChI is InChI=1S/C31H31ClFN5O3/c1-6-27(39)36-13-14-37(19(4)17-36)29-23-16-24(32)28(22-15-20(41-5)11-12-25(22)33)34-30(23)38(31(40)35-29)26-10-8-7-9-21(26)18(2)3/h6-12,15-16,18-19H,1,13-14,17H2,2-5H3/t19-/m0/s1. The summed E-state index contributed by atoms with van der Waals surface area (Å²) in [6, 6.07) is 13.4. The largest absolute Gasteiger partial charge is 0.497 e. The molecule has 0 saturated carbocycles. The highest BCUT2D eigenvalue weighted by Crippen LogP contribution is 2.37. The lowest BCUT2D eigenvalue weighted by Crippen LogP contribution is -2.54. The lowest BCUT2D eigenvalue weighted by Gasteiger charge is -2.40. The van der Waals surface area contributed by atoms with Gasteiger partial charge in [0.15, 0.2) is 5.65 Å². The highest BCUT2D eigenvalue weighted by atomic mass is 35.5. The quantitative estimate of drug-likeness (QED) is 0.279. The van der Waals surface area contributed by atoms with E-state index in [1.165, 1.54) is 36.0 Å². The summed E-state index contributed by atoms with van der Waals surface area (Å²) < 4.78 is 21.9. The van der Waals surface area contributed by atoms with E-state index < -0.39 is 11.5 Å². The number of nitrogens with zero attached hydrogens (tertiary/aromatic N) is 5. The van der Waals surface area contributed by atoms with Gasteiger partial charge in [-0.3, -0.25) is 4.79 Å². The highest BCUT2D eigenvalue weighted by Gasteiger charge is 2.30. The van der Waals surface area contributed by atoms with Gasteiger partial charge in [-0.1, -0.05) is 50.2 Å². The number of amides is 1. The van der Waals surface area contributed by atoms with Gasteiger partial charge in [-0.2, -0.15) is 4.98 Å². The lowest BCUT2D eigenvalue weighted by atomic mass is 10.0. The predicted molar refractivity (Wildman–Crippen MR) is 160 cm³/mol. The maximum absolute atomic E-state index is 15.1. The van der Waals surface area contributed by atoms with E-state index in [0.717, 1.165) is 5.56 Å². The molecule has 2 aromatic heterocycles. The number of pyridine rings is 1. The fourth-order valence-corrected chi connectivity index (χ4v) is 5.58. The van der Waals surface area contributed by atoms with Crippen molar-refractivity contribution in [1.82, 2.24) is 19.4 Å². The van der Waals surface area contributed by atoms with E-state index in [1.54, 1.807) is 11.0 Å². The summed E-state index contributed by atoms with van der Waals surface area (Å²) in [5.41, 5.74) is 1.67. The molecule has 212 valence electrons. The Hall–Kier alpha value is -4.24. The summed E-state index contributed by atoms with van der Waals surface area (Å²) in [6.45, 7) is 10.9. The maximum Gasteiger partial charge on any atom is 0.355 e. The number of hydrogen-bond donors (Lipinski definition) is 0. The molecule has 1 amide bonds. The van der Waals surface area contributed by atoms with E-state index in [0.29, 0.717) is 47.9 Å². The molecule has 1 aliphatic rings. The average Bonchev–Trinajstić information content (AvgIpc) is 2.96. The first kappa shape index (κ1) is 28.3. The van der Waals surface area contributed by atoms with Crippen molar-refractivity contribution in [3.63, 3.8) is 0 Å². The van der Waals surface area contributed by atoms with Crippen LogP contribution in [0.25, 0.3) is 28.0 Å². The number of fused-ring (bicyclic) bond motifs is 1. The molecule has 0 unspecified atom stereocenters. The predicted octanol–water partition coefficient (Wildman–Crippen LogP) is 5.60. The van der Waals surface area contributed by atoms with Crippen LogP contribution in [-0.4, -0.2) is 58.1 Å². The third-order valence-corrected chi connectivity index (χ3v) is 7.70. The summed E-state index contributed by atoms with van der Waals surface area (Å²) in [5, 5.41) is 0.735. The molecule has 0 N–H and O–H groups in total.